The summed E-state index contributed by atoms with van der Waals surface area (Å²) in [4.78, 5) is 14.9. The Bertz CT molecular complexity index is 893. The van der Waals surface area contributed by atoms with Crippen molar-refractivity contribution in [3.63, 3.8) is 0 Å². The highest BCUT2D eigenvalue weighted by Gasteiger charge is 2.36. The van der Waals surface area contributed by atoms with Crippen LogP contribution in [0.1, 0.15) is 32.6 Å². The maximum Gasteiger partial charge on any atom is 0.255 e. The van der Waals surface area contributed by atoms with Crippen LogP contribution in [-0.4, -0.2) is 17.4 Å². The molecule has 1 amide bonds. The largest absolute Gasteiger partial charge is 0.468 e. The predicted octanol–water partition coefficient (Wildman–Crippen LogP) is 5.56. The monoisotopic (exact) mass is 383 g/mol. The Balaban J connectivity index is 1.52. The van der Waals surface area contributed by atoms with Crippen LogP contribution in [0.15, 0.2) is 71.3 Å². The Hall–Kier alpha value is -2.17. The molecule has 1 aliphatic rings. The Morgan fingerprint density at radius 3 is 2.62 bits per heavy atom. The van der Waals surface area contributed by atoms with Crippen LogP contribution in [0, 0.1) is 0 Å². The summed E-state index contributed by atoms with van der Waals surface area (Å²) in [6, 6.07) is 19.6. The van der Waals surface area contributed by atoms with Crippen LogP contribution in [0.4, 0.5) is 0 Å². The second kappa shape index (κ2) is 7.60. The molecule has 1 aliphatic heterocycles. The Morgan fingerprint density at radius 1 is 1.04 bits per heavy atom. The molecular formula is C21H18ClNO2S. The van der Waals surface area contributed by atoms with Crippen molar-refractivity contribution in [1.82, 2.24) is 4.90 Å². The van der Waals surface area contributed by atoms with E-state index >= 15 is 0 Å². The summed E-state index contributed by atoms with van der Waals surface area (Å²) in [6.07, 6.45) is 2.48. The van der Waals surface area contributed by atoms with E-state index in [0.717, 1.165) is 34.1 Å². The average Bonchev–Trinajstić information content (AvgIpc) is 3.27. The molecule has 4 rings (SSSR count). The first-order chi connectivity index (χ1) is 12.7. The average molecular weight is 384 g/mol. The minimum absolute atomic E-state index is 0.0103. The molecule has 1 atom stereocenters. The van der Waals surface area contributed by atoms with Crippen molar-refractivity contribution < 1.29 is 9.21 Å². The zero-order chi connectivity index (χ0) is 17.9. The fourth-order valence-electron chi connectivity index (χ4n) is 3.19. The van der Waals surface area contributed by atoms with Gasteiger partial charge in [-0.05, 0) is 47.9 Å². The molecule has 0 aliphatic carbocycles. The molecule has 2 aromatic carbocycles. The maximum atomic E-state index is 12.9. The first kappa shape index (κ1) is 17.3. The summed E-state index contributed by atoms with van der Waals surface area (Å²) in [5.41, 5.74) is 3.07. The van der Waals surface area contributed by atoms with Gasteiger partial charge >= 0.3 is 0 Å². The molecule has 0 fully saturated rings. The highest BCUT2D eigenvalue weighted by molar-refractivity contribution is 7.98. The van der Waals surface area contributed by atoms with Gasteiger partial charge < -0.3 is 9.32 Å². The van der Waals surface area contributed by atoms with Gasteiger partial charge in [0, 0.05) is 17.1 Å². The lowest BCUT2D eigenvalue weighted by molar-refractivity contribution is 0.0775. The summed E-state index contributed by atoms with van der Waals surface area (Å²) < 4.78 is 5.45. The number of furan rings is 1. The SMILES string of the molecule is O=C1c2ccccc2[C@H](SCc2ccco2)N1CCc1ccc(Cl)cc1. The van der Waals surface area contributed by atoms with E-state index in [2.05, 4.69) is 6.07 Å². The minimum Gasteiger partial charge on any atom is -0.468 e. The highest BCUT2D eigenvalue weighted by atomic mass is 35.5. The van der Waals surface area contributed by atoms with Crippen molar-refractivity contribution in [3.05, 3.63) is 94.4 Å². The standard InChI is InChI=1S/C21H18ClNO2S/c22-16-9-7-15(8-10-16)11-12-23-20(24)18-5-1-2-6-19(18)21(23)26-14-17-4-3-13-25-17/h1-10,13,21H,11-12,14H2/t21-/m0/s1. The number of carbonyl (C=O) groups is 1. The number of benzene rings is 2. The summed E-state index contributed by atoms with van der Waals surface area (Å²) in [5, 5.41) is 0.737. The number of halogens is 1. The third-order valence-electron chi connectivity index (χ3n) is 4.52. The van der Waals surface area contributed by atoms with Gasteiger partial charge in [0.1, 0.15) is 11.1 Å². The first-order valence-corrected chi connectivity index (χ1v) is 9.93. The third kappa shape index (κ3) is 3.53. The van der Waals surface area contributed by atoms with Crippen molar-refractivity contribution >= 4 is 29.3 Å². The number of thioether (sulfide) groups is 1. The molecule has 5 heteroatoms. The molecule has 0 N–H and O–H groups in total. The number of fused-ring (bicyclic) bond motifs is 1. The zero-order valence-electron chi connectivity index (χ0n) is 14.1. The van der Waals surface area contributed by atoms with Crippen LogP contribution in [0.25, 0.3) is 0 Å². The van der Waals surface area contributed by atoms with E-state index in [9.17, 15) is 4.79 Å². The van der Waals surface area contributed by atoms with Crippen molar-refractivity contribution in [2.75, 3.05) is 6.54 Å². The molecule has 26 heavy (non-hydrogen) atoms. The number of rotatable bonds is 6. The van der Waals surface area contributed by atoms with Crippen molar-refractivity contribution in [2.24, 2.45) is 0 Å². The van der Waals surface area contributed by atoms with Gasteiger partial charge in [-0.15, -0.1) is 11.8 Å². The van der Waals surface area contributed by atoms with Gasteiger partial charge in [-0.25, -0.2) is 0 Å². The number of hydrogen-bond donors (Lipinski definition) is 0. The lowest BCUT2D eigenvalue weighted by atomic mass is 10.1. The smallest absolute Gasteiger partial charge is 0.255 e. The van der Waals surface area contributed by atoms with Gasteiger partial charge in [0.05, 0.1) is 12.0 Å². The van der Waals surface area contributed by atoms with Crippen LogP contribution in [0.2, 0.25) is 5.02 Å². The second-order valence-corrected chi connectivity index (χ2v) is 7.71. The van der Waals surface area contributed by atoms with E-state index in [4.69, 9.17) is 16.0 Å². The molecule has 0 spiro atoms. The van der Waals surface area contributed by atoms with Gasteiger partial charge in [0.15, 0.2) is 0 Å². The summed E-state index contributed by atoms with van der Waals surface area (Å²) >= 11 is 7.68. The van der Waals surface area contributed by atoms with Gasteiger partial charge in [-0.3, -0.25) is 4.79 Å². The molecular weight excluding hydrogens is 366 g/mol. The lowest BCUT2D eigenvalue weighted by Crippen LogP contribution is -2.29. The fourth-order valence-corrected chi connectivity index (χ4v) is 4.57. The van der Waals surface area contributed by atoms with E-state index < -0.39 is 0 Å². The predicted molar refractivity (Wildman–Crippen MR) is 105 cm³/mol. The quantitative estimate of drug-likeness (QED) is 0.558. The van der Waals surface area contributed by atoms with E-state index in [1.165, 1.54) is 5.56 Å². The second-order valence-electron chi connectivity index (χ2n) is 6.20. The van der Waals surface area contributed by atoms with Crippen molar-refractivity contribution in [3.8, 4) is 0 Å². The molecule has 3 aromatic rings. The van der Waals surface area contributed by atoms with E-state index in [-0.39, 0.29) is 11.3 Å². The molecule has 2 heterocycles. The van der Waals surface area contributed by atoms with Gasteiger partial charge in [-0.1, -0.05) is 41.9 Å². The zero-order valence-corrected chi connectivity index (χ0v) is 15.7. The number of hydrogen-bond acceptors (Lipinski definition) is 3. The molecule has 0 saturated carbocycles. The number of nitrogens with zero attached hydrogens (tertiary/aromatic N) is 1. The van der Waals surface area contributed by atoms with Gasteiger partial charge in [0.25, 0.3) is 5.91 Å². The maximum absolute atomic E-state index is 12.9. The molecule has 1 aromatic heterocycles. The van der Waals surface area contributed by atoms with Gasteiger partial charge in [0.2, 0.25) is 0 Å². The normalized spacial score (nSPS) is 16.1. The third-order valence-corrected chi connectivity index (χ3v) is 6.05. The van der Waals surface area contributed by atoms with Crippen LogP contribution >= 0.6 is 23.4 Å². The fraction of sp³-hybridized carbons (Fsp3) is 0.190. The molecule has 0 radical (unpaired) electrons. The van der Waals surface area contributed by atoms with E-state index in [1.54, 1.807) is 18.0 Å². The van der Waals surface area contributed by atoms with Crippen molar-refractivity contribution in [2.45, 2.75) is 17.5 Å². The van der Waals surface area contributed by atoms with Crippen LogP contribution < -0.4 is 0 Å². The van der Waals surface area contributed by atoms with E-state index in [0.29, 0.717) is 6.54 Å². The lowest BCUT2D eigenvalue weighted by Gasteiger charge is -2.25. The first-order valence-electron chi connectivity index (χ1n) is 8.51. The summed E-state index contributed by atoms with van der Waals surface area (Å²) in [6.45, 7) is 0.672. The molecule has 0 unspecified atom stereocenters. The van der Waals surface area contributed by atoms with Crippen LogP contribution in [0.5, 0.6) is 0 Å². The number of carbonyl (C=O) groups excluding carboxylic acids is 1. The molecule has 132 valence electrons. The summed E-state index contributed by atoms with van der Waals surface area (Å²) in [7, 11) is 0. The number of amides is 1. The van der Waals surface area contributed by atoms with E-state index in [1.807, 2.05) is 59.5 Å². The Kier molecular flexibility index (Phi) is 5.05. The molecule has 3 nitrogen and oxygen atoms in total. The molecule has 0 saturated heterocycles. The summed E-state index contributed by atoms with van der Waals surface area (Å²) in [5.74, 6) is 1.76. The van der Waals surface area contributed by atoms with Crippen LogP contribution in [-0.2, 0) is 12.2 Å². The van der Waals surface area contributed by atoms with Crippen LogP contribution in [0.3, 0.4) is 0 Å². The minimum atomic E-state index is 0.0103. The highest BCUT2D eigenvalue weighted by Crippen LogP contribution is 2.42. The van der Waals surface area contributed by atoms with Gasteiger partial charge in [-0.2, -0.15) is 0 Å². The van der Waals surface area contributed by atoms with Crippen molar-refractivity contribution in [1.29, 1.82) is 0 Å². The topological polar surface area (TPSA) is 33.5 Å². The molecule has 0 bridgehead atoms. The Morgan fingerprint density at radius 2 is 1.85 bits per heavy atom. The Labute approximate surface area is 162 Å².